The third kappa shape index (κ3) is 2.91. The zero-order valence-electron chi connectivity index (χ0n) is 9.82. The Morgan fingerprint density at radius 3 is 2.76 bits per heavy atom. The van der Waals surface area contributed by atoms with Crippen molar-refractivity contribution in [3.05, 3.63) is 35.4 Å². The van der Waals surface area contributed by atoms with Gasteiger partial charge < -0.3 is 10.6 Å². The predicted molar refractivity (Wildman–Crippen MR) is 64.5 cm³/mol. The first kappa shape index (κ1) is 11.8. The zero-order chi connectivity index (χ0) is 12.3. The number of hydrogen-bond donors (Lipinski definition) is 2. The topological polar surface area (TPSA) is 58.2 Å². The number of benzene rings is 1. The van der Waals surface area contributed by atoms with E-state index in [9.17, 15) is 9.59 Å². The number of carbonyl (C=O) groups excluding carboxylic acids is 2. The van der Waals surface area contributed by atoms with Gasteiger partial charge in [-0.05, 0) is 24.5 Å². The van der Waals surface area contributed by atoms with Gasteiger partial charge in [0.15, 0.2) is 0 Å². The summed E-state index contributed by atoms with van der Waals surface area (Å²) in [6.07, 6.45) is 0.680. The van der Waals surface area contributed by atoms with Crippen molar-refractivity contribution >= 4 is 11.7 Å². The van der Waals surface area contributed by atoms with Crippen LogP contribution < -0.4 is 10.6 Å². The molecule has 0 saturated carbocycles. The average Bonchev–Trinajstić information content (AvgIpc) is 2.35. The molecular weight excluding hydrogens is 216 g/mol. The summed E-state index contributed by atoms with van der Waals surface area (Å²) in [6.45, 7) is 2.27. The molecule has 0 aliphatic carbocycles. The van der Waals surface area contributed by atoms with Crippen LogP contribution in [0.25, 0.3) is 0 Å². The highest BCUT2D eigenvalue weighted by Crippen LogP contribution is 2.16. The number of carbonyl (C=O) groups is 2. The van der Waals surface area contributed by atoms with Crippen molar-refractivity contribution in [1.29, 1.82) is 0 Å². The molecule has 0 bridgehead atoms. The highest BCUT2D eigenvalue weighted by atomic mass is 16.2. The summed E-state index contributed by atoms with van der Waals surface area (Å²) >= 11 is 0. The molecule has 1 aliphatic heterocycles. The Labute approximate surface area is 100 Å². The normalized spacial score (nSPS) is 18.3. The van der Waals surface area contributed by atoms with E-state index in [4.69, 9.17) is 0 Å². The maximum atomic E-state index is 11.8. The van der Waals surface area contributed by atoms with Crippen LogP contribution in [0, 0.1) is 0 Å². The number of nitrogens with one attached hydrogen (secondary N) is 2. The molecule has 2 rings (SSSR count). The minimum absolute atomic E-state index is 0.0328. The molecule has 0 unspecified atom stereocenters. The minimum Gasteiger partial charge on any atom is -0.348 e. The summed E-state index contributed by atoms with van der Waals surface area (Å²) in [5.74, 6) is -0.135. The second-order valence-electron chi connectivity index (χ2n) is 4.33. The van der Waals surface area contributed by atoms with Crippen molar-refractivity contribution in [2.75, 3.05) is 6.54 Å². The first-order chi connectivity index (χ1) is 8.16. The Morgan fingerprint density at radius 1 is 1.35 bits per heavy atom. The smallest absolute Gasteiger partial charge is 0.237 e. The molecular formula is C13H16N2O2. The van der Waals surface area contributed by atoms with Crippen LogP contribution in [0.3, 0.4) is 0 Å². The number of fused-ring (bicyclic) bond motifs is 1. The molecule has 4 heteroatoms. The van der Waals surface area contributed by atoms with Gasteiger partial charge in [-0.2, -0.15) is 0 Å². The first-order valence-electron chi connectivity index (χ1n) is 5.74. The number of hydrogen-bond acceptors (Lipinski definition) is 3. The van der Waals surface area contributed by atoms with E-state index in [1.165, 1.54) is 18.1 Å². The van der Waals surface area contributed by atoms with Crippen molar-refractivity contribution < 1.29 is 9.59 Å². The largest absolute Gasteiger partial charge is 0.348 e. The van der Waals surface area contributed by atoms with E-state index in [0.29, 0.717) is 13.0 Å². The van der Waals surface area contributed by atoms with Gasteiger partial charge in [-0.1, -0.05) is 24.3 Å². The average molecular weight is 232 g/mol. The van der Waals surface area contributed by atoms with E-state index in [2.05, 4.69) is 16.7 Å². The molecule has 2 N–H and O–H groups in total. The molecule has 0 spiro atoms. The molecule has 1 atom stereocenters. The summed E-state index contributed by atoms with van der Waals surface area (Å²) < 4.78 is 0. The highest BCUT2D eigenvalue weighted by molar-refractivity contribution is 5.87. The molecule has 0 radical (unpaired) electrons. The van der Waals surface area contributed by atoms with Gasteiger partial charge in [-0.15, -0.1) is 0 Å². The molecule has 17 heavy (non-hydrogen) atoms. The highest BCUT2D eigenvalue weighted by Gasteiger charge is 2.23. The van der Waals surface area contributed by atoms with E-state index in [-0.39, 0.29) is 24.3 Å². The van der Waals surface area contributed by atoms with Crippen LogP contribution in [0.4, 0.5) is 0 Å². The van der Waals surface area contributed by atoms with Crippen LogP contribution in [-0.4, -0.2) is 24.3 Å². The lowest BCUT2D eigenvalue weighted by molar-refractivity contribution is -0.126. The van der Waals surface area contributed by atoms with Crippen molar-refractivity contribution in [3.8, 4) is 0 Å². The van der Waals surface area contributed by atoms with Gasteiger partial charge in [0.05, 0.1) is 12.6 Å². The van der Waals surface area contributed by atoms with Gasteiger partial charge in [0.1, 0.15) is 5.78 Å². The third-order valence-electron chi connectivity index (χ3n) is 2.91. The molecule has 1 amide bonds. The molecule has 0 fully saturated rings. The Kier molecular flexibility index (Phi) is 3.54. The maximum absolute atomic E-state index is 11.8. The van der Waals surface area contributed by atoms with Gasteiger partial charge in [-0.25, -0.2) is 0 Å². The summed E-state index contributed by atoms with van der Waals surface area (Å²) in [7, 11) is 0. The molecule has 1 aromatic carbocycles. The Balaban J connectivity index is 1.97. The van der Waals surface area contributed by atoms with E-state index in [0.717, 1.165) is 0 Å². The second-order valence-corrected chi connectivity index (χ2v) is 4.33. The number of ketones is 1. The summed E-state index contributed by atoms with van der Waals surface area (Å²) in [5, 5.41) is 5.81. The lowest BCUT2D eigenvalue weighted by Gasteiger charge is -2.25. The number of rotatable bonds is 3. The molecule has 0 aromatic heterocycles. The second kappa shape index (κ2) is 5.10. The molecule has 1 heterocycles. The fourth-order valence-electron chi connectivity index (χ4n) is 1.97. The van der Waals surface area contributed by atoms with E-state index in [1.807, 2.05) is 18.2 Å². The fraction of sp³-hybridized carbons (Fsp3) is 0.385. The number of amides is 1. The third-order valence-corrected chi connectivity index (χ3v) is 2.91. The fourth-order valence-corrected chi connectivity index (χ4v) is 1.97. The van der Waals surface area contributed by atoms with Crippen molar-refractivity contribution in [3.63, 3.8) is 0 Å². The van der Waals surface area contributed by atoms with Crippen LogP contribution in [-0.2, 0) is 22.6 Å². The standard InChI is InChI=1S/C13H16N2O2/c1-9(16)7-15-13(17)12-6-10-4-2-3-5-11(10)8-14-12/h2-5,12,14H,6-8H2,1H3,(H,15,17)/t12-/m1/s1. The van der Waals surface area contributed by atoms with Crippen molar-refractivity contribution in [2.24, 2.45) is 0 Å². The van der Waals surface area contributed by atoms with Gasteiger partial charge >= 0.3 is 0 Å². The lowest BCUT2D eigenvalue weighted by atomic mass is 9.95. The summed E-state index contributed by atoms with van der Waals surface area (Å²) in [4.78, 5) is 22.6. The van der Waals surface area contributed by atoms with Gasteiger partial charge in [0.25, 0.3) is 0 Å². The quantitative estimate of drug-likeness (QED) is 0.793. The van der Waals surface area contributed by atoms with E-state index >= 15 is 0 Å². The van der Waals surface area contributed by atoms with Crippen molar-refractivity contribution in [1.82, 2.24) is 10.6 Å². The Morgan fingerprint density at radius 2 is 2.06 bits per heavy atom. The summed E-state index contributed by atoms with van der Waals surface area (Å²) in [6, 6.07) is 7.85. The van der Waals surface area contributed by atoms with Crippen molar-refractivity contribution in [2.45, 2.75) is 25.9 Å². The molecule has 1 aliphatic rings. The van der Waals surface area contributed by atoms with Crippen LogP contribution in [0.1, 0.15) is 18.1 Å². The first-order valence-corrected chi connectivity index (χ1v) is 5.74. The van der Waals surface area contributed by atoms with Crippen LogP contribution >= 0.6 is 0 Å². The number of Topliss-reactive ketones (excluding diaryl/α,β-unsaturated/α-hetero) is 1. The van der Waals surface area contributed by atoms with Gasteiger partial charge in [0, 0.05) is 6.54 Å². The lowest BCUT2D eigenvalue weighted by Crippen LogP contribution is -2.48. The maximum Gasteiger partial charge on any atom is 0.237 e. The van der Waals surface area contributed by atoms with Crippen LogP contribution in [0.2, 0.25) is 0 Å². The molecule has 4 nitrogen and oxygen atoms in total. The SMILES string of the molecule is CC(=O)CNC(=O)[C@H]1Cc2ccccc2CN1. The monoisotopic (exact) mass is 232 g/mol. The van der Waals surface area contributed by atoms with E-state index in [1.54, 1.807) is 0 Å². The van der Waals surface area contributed by atoms with E-state index < -0.39 is 0 Å². The minimum atomic E-state index is -0.232. The Hall–Kier alpha value is -1.68. The molecule has 90 valence electrons. The summed E-state index contributed by atoms with van der Waals surface area (Å²) in [5.41, 5.74) is 2.44. The molecule has 0 saturated heterocycles. The van der Waals surface area contributed by atoms with Gasteiger partial charge in [0.2, 0.25) is 5.91 Å². The van der Waals surface area contributed by atoms with Crippen LogP contribution in [0.5, 0.6) is 0 Å². The van der Waals surface area contributed by atoms with Gasteiger partial charge in [-0.3, -0.25) is 9.59 Å². The van der Waals surface area contributed by atoms with Crippen LogP contribution in [0.15, 0.2) is 24.3 Å². The molecule has 1 aromatic rings. The zero-order valence-corrected chi connectivity index (χ0v) is 9.82. The Bertz CT molecular complexity index is 443. The predicted octanol–water partition coefficient (Wildman–Crippen LogP) is 0.406.